The van der Waals surface area contributed by atoms with Crippen LogP contribution in [0.4, 0.5) is 26.1 Å². The van der Waals surface area contributed by atoms with Crippen molar-refractivity contribution in [3.05, 3.63) is 54.1 Å². The van der Waals surface area contributed by atoms with Crippen LogP contribution in [-0.2, 0) is 9.53 Å². The summed E-state index contributed by atoms with van der Waals surface area (Å²) in [6.07, 6.45) is -2.70. The Morgan fingerprint density at radius 2 is 2.02 bits per heavy atom. The van der Waals surface area contributed by atoms with Crippen molar-refractivity contribution in [3.8, 4) is 23.2 Å². The zero-order valence-corrected chi connectivity index (χ0v) is 22.5. The Labute approximate surface area is 240 Å². The van der Waals surface area contributed by atoms with Crippen LogP contribution < -0.4 is 15.0 Å². The normalized spacial score (nSPS) is 19.6. The zero-order valence-electron chi connectivity index (χ0n) is 22.5. The highest BCUT2D eigenvalue weighted by molar-refractivity contribution is 5.81. The van der Waals surface area contributed by atoms with E-state index in [0.29, 0.717) is 31.9 Å². The third kappa shape index (κ3) is 6.54. The first-order valence-corrected chi connectivity index (χ1v) is 13.4. The third-order valence-corrected chi connectivity index (χ3v) is 7.04. The van der Waals surface area contributed by atoms with E-state index < -0.39 is 36.7 Å². The van der Waals surface area contributed by atoms with E-state index >= 15 is 0 Å². The van der Waals surface area contributed by atoms with Gasteiger partial charge in [0.05, 0.1) is 37.6 Å². The number of carbonyl (C=O) groups excluding carboxylic acids is 1. The molecule has 3 heterocycles. The number of halogens is 2. The van der Waals surface area contributed by atoms with Gasteiger partial charge in [-0.15, -0.1) is 0 Å². The number of rotatable bonds is 8. The molecule has 0 spiro atoms. The number of aliphatic hydroxyl groups is 2. The lowest BCUT2D eigenvalue weighted by Gasteiger charge is -2.35. The number of nitrogens with one attached hydrogen (secondary N) is 1. The maximum absolute atomic E-state index is 14.9. The van der Waals surface area contributed by atoms with E-state index in [9.17, 15) is 23.9 Å². The van der Waals surface area contributed by atoms with Crippen molar-refractivity contribution < 1.29 is 33.3 Å². The predicted molar refractivity (Wildman–Crippen MR) is 146 cm³/mol. The molecule has 42 heavy (non-hydrogen) atoms. The van der Waals surface area contributed by atoms with Gasteiger partial charge in [-0.1, -0.05) is 0 Å². The quantitative estimate of drug-likeness (QED) is 0.356. The summed E-state index contributed by atoms with van der Waals surface area (Å²) in [5, 5.41) is 31.1. The molecule has 3 atom stereocenters. The predicted octanol–water partition coefficient (Wildman–Crippen LogP) is 1.80. The van der Waals surface area contributed by atoms with Gasteiger partial charge in [0.2, 0.25) is 5.95 Å². The van der Waals surface area contributed by atoms with Crippen molar-refractivity contribution >= 4 is 23.2 Å². The fourth-order valence-electron chi connectivity index (χ4n) is 4.77. The summed E-state index contributed by atoms with van der Waals surface area (Å²) in [5.41, 5.74) is 1.52. The second kappa shape index (κ2) is 13.0. The summed E-state index contributed by atoms with van der Waals surface area (Å²) in [7, 11) is 0. The Balaban J connectivity index is 1.26. The standard InChI is InChI=1S/C28H29F2N7O5/c29-20-12-19(36-7-9-41-10-8-36)2-3-22(20)34-28-33-16-32-26(35-28)17-1-4-24(18(11-17)13-31)42-25-5-6-37(14-21(25)30)27(40)23(39)15-38/h1-4,11-12,16,21,23,25,38-39H,5-10,14-15H2,(H,32,33,34,35)/t21-,23-,25-/m0/s1. The van der Waals surface area contributed by atoms with Crippen LogP contribution in [0.5, 0.6) is 5.75 Å². The largest absolute Gasteiger partial charge is 0.486 e. The maximum Gasteiger partial charge on any atom is 0.253 e. The second-order valence-corrected chi connectivity index (χ2v) is 9.79. The van der Waals surface area contributed by atoms with Crippen molar-refractivity contribution in [2.45, 2.75) is 24.8 Å². The molecule has 12 nitrogen and oxygen atoms in total. The SMILES string of the molecule is N#Cc1cc(-c2ncnc(Nc3ccc(N4CCOCC4)cc3F)n2)ccc1O[C@H]1CCN(C(=O)[C@@H](O)CO)C[C@@H]1F. The highest BCUT2D eigenvalue weighted by atomic mass is 19.1. The van der Waals surface area contributed by atoms with Gasteiger partial charge in [0.1, 0.15) is 30.1 Å². The van der Waals surface area contributed by atoms with Gasteiger partial charge < -0.3 is 34.8 Å². The van der Waals surface area contributed by atoms with E-state index in [1.54, 1.807) is 18.2 Å². The highest BCUT2D eigenvalue weighted by Crippen LogP contribution is 2.29. The molecule has 2 aromatic carbocycles. The number of hydrogen-bond acceptors (Lipinski definition) is 11. The molecule has 2 fully saturated rings. The minimum Gasteiger partial charge on any atom is -0.486 e. The average molecular weight is 582 g/mol. The van der Waals surface area contributed by atoms with Crippen molar-refractivity contribution in [2.24, 2.45) is 0 Å². The second-order valence-electron chi connectivity index (χ2n) is 9.79. The first-order chi connectivity index (χ1) is 20.4. The van der Waals surface area contributed by atoms with Crippen molar-refractivity contribution in [2.75, 3.05) is 56.2 Å². The fourth-order valence-corrected chi connectivity index (χ4v) is 4.77. The van der Waals surface area contributed by atoms with Gasteiger partial charge in [0, 0.05) is 37.3 Å². The molecule has 220 valence electrons. The maximum atomic E-state index is 14.9. The van der Waals surface area contributed by atoms with Gasteiger partial charge in [0.25, 0.3) is 5.91 Å². The fraction of sp³-hybridized carbons (Fsp3) is 0.393. The number of nitrogens with zero attached hydrogens (tertiary/aromatic N) is 6. The number of aromatic nitrogens is 3. The Morgan fingerprint density at radius 1 is 1.21 bits per heavy atom. The number of nitriles is 1. The van der Waals surface area contributed by atoms with Crippen LogP contribution in [0.2, 0.25) is 0 Å². The molecular weight excluding hydrogens is 552 g/mol. The number of alkyl halides is 1. The lowest BCUT2D eigenvalue weighted by atomic mass is 10.0. The molecule has 0 unspecified atom stereocenters. The van der Waals surface area contributed by atoms with Crippen molar-refractivity contribution in [1.29, 1.82) is 5.26 Å². The number of hydrogen-bond donors (Lipinski definition) is 3. The first kappa shape index (κ1) is 29.1. The summed E-state index contributed by atoms with van der Waals surface area (Å²) < 4.78 is 40.9. The monoisotopic (exact) mass is 581 g/mol. The molecule has 3 N–H and O–H groups in total. The molecule has 1 amide bonds. The molecule has 0 saturated carbocycles. The smallest absolute Gasteiger partial charge is 0.253 e. The third-order valence-electron chi connectivity index (χ3n) is 7.04. The van der Waals surface area contributed by atoms with Crippen LogP contribution in [0, 0.1) is 17.1 Å². The van der Waals surface area contributed by atoms with E-state index in [0.717, 1.165) is 10.6 Å². The highest BCUT2D eigenvalue weighted by Gasteiger charge is 2.35. The van der Waals surface area contributed by atoms with Gasteiger partial charge >= 0.3 is 0 Å². The van der Waals surface area contributed by atoms with Gasteiger partial charge in [-0.25, -0.2) is 18.7 Å². The summed E-state index contributed by atoms with van der Waals surface area (Å²) in [4.78, 5) is 27.8. The molecule has 0 bridgehead atoms. The van der Waals surface area contributed by atoms with Gasteiger partial charge in [-0.3, -0.25) is 4.79 Å². The Hall–Kier alpha value is -4.45. The van der Waals surface area contributed by atoms with E-state index in [2.05, 4.69) is 20.3 Å². The minimum atomic E-state index is -1.60. The molecule has 14 heteroatoms. The van der Waals surface area contributed by atoms with E-state index in [-0.39, 0.29) is 48.3 Å². The number of amides is 1. The topological polar surface area (TPSA) is 157 Å². The van der Waals surface area contributed by atoms with Crippen LogP contribution in [0.3, 0.4) is 0 Å². The summed E-state index contributed by atoms with van der Waals surface area (Å²) in [6.45, 7) is 1.61. The number of benzene rings is 2. The molecular formula is C28H29F2N7O5. The van der Waals surface area contributed by atoms with E-state index in [1.807, 2.05) is 11.0 Å². The van der Waals surface area contributed by atoms with Crippen LogP contribution >= 0.6 is 0 Å². The van der Waals surface area contributed by atoms with Crippen LogP contribution in [0.1, 0.15) is 12.0 Å². The molecule has 0 radical (unpaired) electrons. The van der Waals surface area contributed by atoms with Crippen LogP contribution in [0.25, 0.3) is 11.4 Å². The lowest BCUT2D eigenvalue weighted by molar-refractivity contribution is -0.146. The molecule has 2 saturated heterocycles. The van der Waals surface area contributed by atoms with E-state index in [4.69, 9.17) is 14.6 Å². The molecule has 3 aromatic rings. The minimum absolute atomic E-state index is 0.102. The number of carbonyl (C=O) groups is 1. The number of likely N-dealkylation sites (tertiary alicyclic amines) is 1. The number of ether oxygens (including phenoxy) is 2. The Bertz CT molecular complexity index is 1470. The van der Waals surface area contributed by atoms with E-state index in [1.165, 1.54) is 24.5 Å². The molecule has 1 aromatic heterocycles. The van der Waals surface area contributed by atoms with Crippen molar-refractivity contribution in [1.82, 2.24) is 19.9 Å². The molecule has 2 aliphatic rings. The summed E-state index contributed by atoms with van der Waals surface area (Å²) in [6, 6.07) is 11.5. The lowest BCUT2D eigenvalue weighted by Crippen LogP contribution is -2.52. The summed E-state index contributed by atoms with van der Waals surface area (Å²) in [5.74, 6) is -0.748. The van der Waals surface area contributed by atoms with Crippen molar-refractivity contribution in [3.63, 3.8) is 0 Å². The number of morpholine rings is 1. The number of anilines is 3. The average Bonchev–Trinajstić information content (AvgIpc) is 3.03. The summed E-state index contributed by atoms with van der Waals surface area (Å²) >= 11 is 0. The molecule has 0 aliphatic carbocycles. The van der Waals surface area contributed by atoms with Crippen LogP contribution in [0.15, 0.2) is 42.7 Å². The van der Waals surface area contributed by atoms with Crippen LogP contribution in [-0.4, -0.2) is 100 Å². The van der Waals surface area contributed by atoms with Gasteiger partial charge in [-0.2, -0.15) is 10.2 Å². The van der Waals surface area contributed by atoms with Gasteiger partial charge in [0.15, 0.2) is 18.1 Å². The first-order valence-electron chi connectivity index (χ1n) is 13.4. The Morgan fingerprint density at radius 3 is 2.74 bits per heavy atom. The Kier molecular flexibility index (Phi) is 9.01. The molecule has 5 rings (SSSR count). The van der Waals surface area contributed by atoms with Gasteiger partial charge in [-0.05, 0) is 36.4 Å². The zero-order chi connectivity index (χ0) is 29.6. The number of aliphatic hydroxyl groups excluding tert-OH is 2. The molecule has 2 aliphatic heterocycles. The number of piperidine rings is 1.